The Kier molecular flexibility index (Phi) is 11.8. The number of carbonyl (C=O) groups is 3. The van der Waals surface area contributed by atoms with Crippen LogP contribution < -0.4 is 10.6 Å². The number of hydrogen-bond donors (Lipinski definition) is 3. The van der Waals surface area contributed by atoms with E-state index in [-0.39, 0.29) is 18.7 Å². The molecular formula is C30H40N4O5. The van der Waals surface area contributed by atoms with Gasteiger partial charge in [0.2, 0.25) is 11.8 Å². The average Bonchev–Trinajstić information content (AvgIpc) is 2.86. The summed E-state index contributed by atoms with van der Waals surface area (Å²) >= 11 is 0. The van der Waals surface area contributed by atoms with Gasteiger partial charge in [0.05, 0.1) is 6.07 Å². The fraction of sp³-hybridized carbons (Fsp3) is 0.467. The monoisotopic (exact) mass is 536 g/mol. The van der Waals surface area contributed by atoms with E-state index >= 15 is 0 Å². The molecule has 0 heterocycles. The van der Waals surface area contributed by atoms with E-state index in [1.54, 1.807) is 45.0 Å². The van der Waals surface area contributed by atoms with E-state index in [1.165, 1.54) is 17.0 Å². The third kappa shape index (κ3) is 9.97. The van der Waals surface area contributed by atoms with Crippen molar-refractivity contribution in [2.24, 2.45) is 0 Å². The lowest BCUT2D eigenvalue weighted by Gasteiger charge is -2.33. The van der Waals surface area contributed by atoms with Crippen LogP contribution in [0.5, 0.6) is 5.75 Å². The van der Waals surface area contributed by atoms with Gasteiger partial charge in [-0.3, -0.25) is 9.59 Å². The van der Waals surface area contributed by atoms with E-state index in [0.717, 1.165) is 24.8 Å². The van der Waals surface area contributed by atoms with Gasteiger partial charge >= 0.3 is 6.09 Å². The largest absolute Gasteiger partial charge is 0.508 e. The van der Waals surface area contributed by atoms with Crippen LogP contribution in [0.1, 0.15) is 69.7 Å². The first-order valence-electron chi connectivity index (χ1n) is 13.2. The lowest BCUT2D eigenvalue weighted by atomic mass is 9.97. The van der Waals surface area contributed by atoms with Gasteiger partial charge in [-0.1, -0.05) is 56.2 Å². The van der Waals surface area contributed by atoms with Crippen molar-refractivity contribution in [2.75, 3.05) is 13.1 Å². The van der Waals surface area contributed by atoms with Crippen molar-refractivity contribution in [2.45, 2.75) is 78.0 Å². The summed E-state index contributed by atoms with van der Waals surface area (Å²) in [4.78, 5) is 41.6. The van der Waals surface area contributed by atoms with E-state index in [2.05, 4.69) is 17.6 Å². The lowest BCUT2D eigenvalue weighted by molar-refractivity contribution is -0.141. The summed E-state index contributed by atoms with van der Waals surface area (Å²) in [6, 6.07) is 13.3. The van der Waals surface area contributed by atoms with E-state index < -0.39 is 35.6 Å². The summed E-state index contributed by atoms with van der Waals surface area (Å²) in [6.07, 6.45) is 1.99. The number of unbranched alkanes of at least 4 members (excludes halogenated alkanes) is 2. The van der Waals surface area contributed by atoms with Crippen LogP contribution in [-0.4, -0.2) is 52.6 Å². The number of ether oxygens (including phenoxy) is 1. The fourth-order valence-corrected chi connectivity index (χ4v) is 4.12. The van der Waals surface area contributed by atoms with Crippen LogP contribution >= 0.6 is 0 Å². The molecule has 39 heavy (non-hydrogen) atoms. The maximum atomic E-state index is 14.1. The molecule has 0 saturated heterocycles. The number of phenols is 1. The Hall–Kier alpha value is -4.06. The summed E-state index contributed by atoms with van der Waals surface area (Å²) in [5.74, 6) is -0.940. The molecule has 0 aliphatic rings. The molecule has 2 aromatic carbocycles. The van der Waals surface area contributed by atoms with Gasteiger partial charge in [-0.25, -0.2) is 4.79 Å². The normalized spacial score (nSPS) is 12.5. The van der Waals surface area contributed by atoms with E-state index in [4.69, 9.17) is 4.74 Å². The predicted octanol–water partition coefficient (Wildman–Crippen LogP) is 4.54. The number of hydrogen-bond acceptors (Lipinski definition) is 6. The van der Waals surface area contributed by atoms with Gasteiger partial charge in [0, 0.05) is 13.0 Å². The number of rotatable bonds is 12. The van der Waals surface area contributed by atoms with Gasteiger partial charge in [-0.15, -0.1) is 0 Å². The third-order valence-electron chi connectivity index (χ3n) is 6.01. The van der Waals surface area contributed by atoms with Gasteiger partial charge in [0.15, 0.2) is 0 Å². The Morgan fingerprint density at radius 1 is 1.08 bits per heavy atom. The van der Waals surface area contributed by atoms with Crippen molar-refractivity contribution in [1.82, 2.24) is 15.5 Å². The van der Waals surface area contributed by atoms with Gasteiger partial charge in [-0.2, -0.15) is 5.26 Å². The molecular weight excluding hydrogens is 496 g/mol. The van der Waals surface area contributed by atoms with Crippen molar-refractivity contribution in [3.8, 4) is 11.8 Å². The number of carbonyl (C=O) groups excluding carboxylic acids is 3. The van der Waals surface area contributed by atoms with Crippen LogP contribution in [0.15, 0.2) is 48.5 Å². The second kappa shape index (κ2) is 14.8. The molecule has 0 radical (unpaired) electrons. The highest BCUT2D eigenvalue weighted by molar-refractivity contribution is 5.92. The lowest BCUT2D eigenvalue weighted by Crippen LogP contribution is -2.54. The Morgan fingerprint density at radius 2 is 1.74 bits per heavy atom. The standard InChI is InChI=1S/C30H40N4O5/c1-6-7-10-18-32-27(36)26(24-12-9-8-11-21(24)2)34(19-17-31)28(37)25(33-29(38)39-30(3,4)5)20-22-13-15-23(35)16-14-22/h8-9,11-16,25-26,35H,6-7,10,18-20H2,1-5H3,(H,32,36)(H,33,38). The molecule has 0 aromatic heterocycles. The minimum Gasteiger partial charge on any atom is -0.508 e. The SMILES string of the molecule is CCCCCNC(=O)C(c1ccccc1C)N(CC#N)C(=O)C(Cc1ccc(O)cc1)NC(=O)OC(C)(C)C. The molecule has 0 aliphatic heterocycles. The summed E-state index contributed by atoms with van der Waals surface area (Å²) in [6.45, 7) is 9.11. The van der Waals surface area contributed by atoms with Gasteiger partial charge in [-0.05, 0) is 62.9 Å². The van der Waals surface area contributed by atoms with Crippen LogP contribution in [-0.2, 0) is 20.7 Å². The Labute approximate surface area is 231 Å². The summed E-state index contributed by atoms with van der Waals surface area (Å²) in [5, 5.41) is 24.9. The Bertz CT molecular complexity index is 1150. The van der Waals surface area contributed by atoms with Gasteiger partial charge in [0.25, 0.3) is 0 Å². The number of nitrogens with one attached hydrogen (secondary N) is 2. The van der Waals surface area contributed by atoms with E-state index in [1.807, 2.05) is 25.1 Å². The summed E-state index contributed by atoms with van der Waals surface area (Å²) in [5.41, 5.74) is 1.24. The highest BCUT2D eigenvalue weighted by Crippen LogP contribution is 2.26. The number of benzene rings is 2. The molecule has 9 heteroatoms. The minimum atomic E-state index is -1.14. The highest BCUT2D eigenvalue weighted by atomic mass is 16.6. The number of aromatic hydroxyl groups is 1. The quantitative estimate of drug-likeness (QED) is 0.270. The third-order valence-corrected chi connectivity index (χ3v) is 6.01. The molecule has 210 valence electrons. The average molecular weight is 537 g/mol. The number of aryl methyl sites for hydroxylation is 1. The highest BCUT2D eigenvalue weighted by Gasteiger charge is 2.37. The number of phenolic OH excluding ortho intramolecular Hbond substituents is 1. The first kappa shape index (κ1) is 31.2. The van der Waals surface area contributed by atoms with Gasteiger partial charge < -0.3 is 25.4 Å². The molecule has 0 bridgehead atoms. The molecule has 0 aliphatic carbocycles. The molecule has 9 nitrogen and oxygen atoms in total. The second-order valence-corrected chi connectivity index (χ2v) is 10.5. The summed E-state index contributed by atoms with van der Waals surface area (Å²) in [7, 11) is 0. The predicted molar refractivity (Wildman–Crippen MR) is 149 cm³/mol. The van der Waals surface area contributed by atoms with E-state index in [9.17, 15) is 24.8 Å². The van der Waals surface area contributed by atoms with Crippen LogP contribution in [0.2, 0.25) is 0 Å². The Morgan fingerprint density at radius 3 is 2.33 bits per heavy atom. The number of alkyl carbamates (subject to hydrolysis) is 1. The van der Waals surface area contributed by atoms with Crippen molar-refractivity contribution >= 4 is 17.9 Å². The molecule has 0 saturated carbocycles. The van der Waals surface area contributed by atoms with Crippen molar-refractivity contribution < 1.29 is 24.2 Å². The number of nitrogens with zero attached hydrogens (tertiary/aromatic N) is 2. The number of amides is 3. The molecule has 2 aromatic rings. The fourth-order valence-electron chi connectivity index (χ4n) is 4.12. The number of nitriles is 1. The first-order valence-corrected chi connectivity index (χ1v) is 13.2. The van der Waals surface area contributed by atoms with Gasteiger partial charge in [0.1, 0.15) is 30.0 Å². The van der Waals surface area contributed by atoms with Crippen molar-refractivity contribution in [3.63, 3.8) is 0 Å². The second-order valence-electron chi connectivity index (χ2n) is 10.5. The molecule has 3 amide bonds. The minimum absolute atomic E-state index is 0.0545. The van der Waals surface area contributed by atoms with E-state index in [0.29, 0.717) is 17.7 Å². The first-order chi connectivity index (χ1) is 18.5. The molecule has 2 unspecified atom stereocenters. The van der Waals surface area contributed by atoms with Crippen LogP contribution in [0.25, 0.3) is 0 Å². The summed E-state index contributed by atoms with van der Waals surface area (Å²) < 4.78 is 5.40. The topological polar surface area (TPSA) is 132 Å². The van der Waals surface area contributed by atoms with Crippen LogP contribution in [0.3, 0.4) is 0 Å². The Balaban J connectivity index is 2.49. The molecule has 3 N–H and O–H groups in total. The van der Waals surface area contributed by atoms with Crippen LogP contribution in [0, 0.1) is 18.3 Å². The molecule has 2 rings (SSSR count). The molecule has 0 fully saturated rings. The zero-order chi connectivity index (χ0) is 29.0. The van der Waals surface area contributed by atoms with Crippen LogP contribution in [0.4, 0.5) is 4.79 Å². The maximum absolute atomic E-state index is 14.1. The smallest absolute Gasteiger partial charge is 0.408 e. The molecule has 2 atom stereocenters. The zero-order valence-corrected chi connectivity index (χ0v) is 23.5. The maximum Gasteiger partial charge on any atom is 0.408 e. The zero-order valence-electron chi connectivity index (χ0n) is 23.5. The molecule has 0 spiro atoms. The van der Waals surface area contributed by atoms with Crippen molar-refractivity contribution in [3.05, 3.63) is 65.2 Å². The van der Waals surface area contributed by atoms with Crippen molar-refractivity contribution in [1.29, 1.82) is 5.26 Å².